The van der Waals surface area contributed by atoms with E-state index in [2.05, 4.69) is 16.0 Å². The molecule has 4 aromatic heterocycles. The normalized spacial score (nSPS) is 21.4. The molecule has 2 aliphatic heterocycles. The van der Waals surface area contributed by atoms with E-state index in [1.165, 1.54) is 22.8 Å². The Kier molecular flexibility index (Phi) is 8.21. The first-order valence-corrected chi connectivity index (χ1v) is 18.0. The van der Waals surface area contributed by atoms with Gasteiger partial charge in [-0.25, -0.2) is 23.1 Å². The van der Waals surface area contributed by atoms with E-state index in [9.17, 15) is 14.3 Å². The number of imidazole rings is 1. The molecule has 3 aliphatic rings. The molecule has 1 N–H and O–H groups in total. The molecule has 1 aromatic carbocycles. The molecule has 1 aliphatic carbocycles. The predicted molar refractivity (Wildman–Crippen MR) is 188 cm³/mol. The molecular weight excluding hydrogens is 680 g/mol. The topological polar surface area (TPSA) is 102 Å². The molecule has 6 heterocycles. The molecule has 0 saturated heterocycles. The molecule has 51 heavy (non-hydrogen) atoms. The summed E-state index contributed by atoms with van der Waals surface area (Å²) in [7, 11) is 1.99. The number of aliphatic hydroxyl groups is 1. The van der Waals surface area contributed by atoms with Gasteiger partial charge in [0.05, 0.1) is 53.0 Å². The van der Waals surface area contributed by atoms with Crippen LogP contribution in [0.3, 0.4) is 0 Å². The Labute approximate surface area is 296 Å². The highest BCUT2D eigenvalue weighted by Crippen LogP contribution is 2.49. The number of carbonyl (C=O) groups is 1. The van der Waals surface area contributed by atoms with Crippen LogP contribution in [0.25, 0.3) is 32.6 Å². The summed E-state index contributed by atoms with van der Waals surface area (Å²) in [5.74, 6) is -1.23. The van der Waals surface area contributed by atoms with Gasteiger partial charge >= 0.3 is 0 Å². The lowest BCUT2D eigenvalue weighted by Crippen LogP contribution is -2.42. The molecule has 1 fully saturated rings. The van der Waals surface area contributed by atoms with Crippen LogP contribution in [-0.4, -0.2) is 66.0 Å². The van der Waals surface area contributed by atoms with Crippen LogP contribution >= 0.6 is 11.3 Å². The molecule has 8 rings (SSSR count). The van der Waals surface area contributed by atoms with E-state index in [0.717, 1.165) is 35.0 Å². The molecule has 1 saturated carbocycles. The number of carbonyl (C=O) groups excluding carboxylic acids is 1. The van der Waals surface area contributed by atoms with Crippen LogP contribution in [0.5, 0.6) is 5.75 Å². The van der Waals surface area contributed by atoms with Crippen molar-refractivity contribution in [2.75, 3.05) is 24.6 Å². The van der Waals surface area contributed by atoms with Gasteiger partial charge in [-0.2, -0.15) is 5.10 Å². The molecule has 0 radical (unpaired) electrons. The van der Waals surface area contributed by atoms with Gasteiger partial charge in [0.2, 0.25) is 5.91 Å². The number of aliphatic hydroxyl groups excluding tert-OH is 1. The first-order valence-electron chi connectivity index (χ1n) is 17.1. The first-order chi connectivity index (χ1) is 24.4. The summed E-state index contributed by atoms with van der Waals surface area (Å²) in [6, 6.07) is 3.09. The Hall–Kier alpha value is -4.69. The zero-order chi connectivity index (χ0) is 35.9. The second kappa shape index (κ2) is 12.5. The predicted octanol–water partition coefficient (Wildman–Crippen LogP) is 6.65. The third-order valence-corrected chi connectivity index (χ3v) is 11.6. The lowest BCUT2D eigenvalue weighted by molar-refractivity contribution is -0.129. The summed E-state index contributed by atoms with van der Waals surface area (Å²) >= 11 is 1.17. The van der Waals surface area contributed by atoms with Crippen LogP contribution in [0.1, 0.15) is 61.7 Å². The Morgan fingerprint density at radius 1 is 1.14 bits per heavy atom. The van der Waals surface area contributed by atoms with E-state index < -0.39 is 23.6 Å². The van der Waals surface area contributed by atoms with E-state index in [0.29, 0.717) is 55.1 Å². The average Bonchev–Trinajstić information content (AvgIpc) is 3.79. The van der Waals surface area contributed by atoms with E-state index in [4.69, 9.17) is 19.8 Å². The number of hydrogen-bond acceptors (Lipinski definition) is 8. The number of amides is 1. The first kappa shape index (κ1) is 33.5. The number of ether oxygens (including phenoxy) is 1. The molecule has 0 bridgehead atoms. The molecule has 0 spiro atoms. The van der Waals surface area contributed by atoms with Crippen LogP contribution in [-0.2, 0) is 24.8 Å². The largest absolute Gasteiger partial charge is 0.492 e. The van der Waals surface area contributed by atoms with Crippen molar-refractivity contribution in [3.05, 3.63) is 76.6 Å². The van der Waals surface area contributed by atoms with Gasteiger partial charge in [0.1, 0.15) is 46.2 Å². The molecular formula is C37H38F3N7O3S. The maximum Gasteiger partial charge on any atom is 0.246 e. The van der Waals surface area contributed by atoms with Gasteiger partial charge in [-0.05, 0) is 51.7 Å². The van der Waals surface area contributed by atoms with Gasteiger partial charge in [-0.1, -0.05) is 6.58 Å². The highest BCUT2D eigenvalue weighted by atomic mass is 32.1. The van der Waals surface area contributed by atoms with Crippen LogP contribution < -0.4 is 9.64 Å². The lowest BCUT2D eigenvalue weighted by atomic mass is 9.83. The van der Waals surface area contributed by atoms with Crippen molar-refractivity contribution in [3.8, 4) is 28.3 Å². The highest BCUT2D eigenvalue weighted by Gasteiger charge is 2.36. The van der Waals surface area contributed by atoms with E-state index in [1.54, 1.807) is 4.90 Å². The van der Waals surface area contributed by atoms with Crippen molar-refractivity contribution in [3.63, 3.8) is 0 Å². The number of hydrogen-bond donors (Lipinski definition) is 1. The molecule has 5 aromatic rings. The molecule has 10 nitrogen and oxygen atoms in total. The summed E-state index contributed by atoms with van der Waals surface area (Å²) < 4.78 is 58.0. The van der Waals surface area contributed by atoms with Crippen LogP contribution in [0.15, 0.2) is 36.2 Å². The number of anilines is 1. The smallest absolute Gasteiger partial charge is 0.246 e. The maximum absolute atomic E-state index is 16.3. The summed E-state index contributed by atoms with van der Waals surface area (Å²) in [5.41, 5.74) is 3.31. The van der Waals surface area contributed by atoms with Crippen molar-refractivity contribution in [2.24, 2.45) is 13.0 Å². The Morgan fingerprint density at radius 2 is 1.92 bits per heavy atom. The number of aryl methyl sites for hydroxylation is 1. The Morgan fingerprint density at radius 3 is 2.67 bits per heavy atom. The van der Waals surface area contributed by atoms with Gasteiger partial charge in [0, 0.05) is 60.7 Å². The monoisotopic (exact) mass is 717 g/mol. The molecule has 14 heteroatoms. The highest BCUT2D eigenvalue weighted by molar-refractivity contribution is 7.18. The number of rotatable bonds is 7. The molecule has 1 amide bonds. The van der Waals surface area contributed by atoms with E-state index in [1.807, 2.05) is 38.6 Å². The zero-order valence-corrected chi connectivity index (χ0v) is 29.6. The van der Waals surface area contributed by atoms with E-state index in [-0.39, 0.29) is 58.5 Å². The van der Waals surface area contributed by atoms with Crippen molar-refractivity contribution < 1.29 is 27.8 Å². The number of pyridine rings is 1. The third kappa shape index (κ3) is 5.50. The quantitative estimate of drug-likeness (QED) is 0.188. The molecule has 0 unspecified atom stereocenters. The van der Waals surface area contributed by atoms with Gasteiger partial charge < -0.3 is 24.2 Å². The molecule has 266 valence electrons. The van der Waals surface area contributed by atoms with Crippen LogP contribution in [0.2, 0.25) is 0 Å². The van der Waals surface area contributed by atoms with Crippen molar-refractivity contribution in [2.45, 2.75) is 64.8 Å². The average molecular weight is 718 g/mol. The number of fused-ring (bicyclic) bond motifs is 3. The van der Waals surface area contributed by atoms with Crippen LogP contribution in [0, 0.1) is 30.3 Å². The zero-order valence-electron chi connectivity index (χ0n) is 28.8. The van der Waals surface area contributed by atoms with Gasteiger partial charge in [-0.15, -0.1) is 11.3 Å². The number of halogens is 3. The minimum Gasteiger partial charge on any atom is -0.492 e. The van der Waals surface area contributed by atoms with Crippen LogP contribution in [0.4, 0.5) is 19.0 Å². The summed E-state index contributed by atoms with van der Waals surface area (Å²) in [6.07, 6.45) is 2.59. The summed E-state index contributed by atoms with van der Waals surface area (Å²) in [4.78, 5) is 26.6. The third-order valence-electron chi connectivity index (χ3n) is 10.6. The fraction of sp³-hybridized carbons (Fsp3) is 0.405. The minimum atomic E-state index is -0.929. The fourth-order valence-electron chi connectivity index (χ4n) is 7.77. The van der Waals surface area contributed by atoms with E-state index >= 15 is 8.78 Å². The van der Waals surface area contributed by atoms with Gasteiger partial charge in [0.25, 0.3) is 0 Å². The second-order valence-corrected chi connectivity index (χ2v) is 14.8. The van der Waals surface area contributed by atoms with Crippen molar-refractivity contribution in [1.29, 1.82) is 0 Å². The van der Waals surface area contributed by atoms with Crippen molar-refractivity contribution in [1.82, 2.24) is 29.2 Å². The number of thiophene rings is 1. The number of benzene rings is 1. The maximum atomic E-state index is 16.3. The van der Waals surface area contributed by atoms with Crippen molar-refractivity contribution >= 4 is 33.1 Å². The fourth-order valence-corrected chi connectivity index (χ4v) is 8.71. The lowest BCUT2D eigenvalue weighted by Gasteiger charge is -2.36. The van der Waals surface area contributed by atoms with Gasteiger partial charge in [-0.3, -0.25) is 9.48 Å². The Balaban J connectivity index is 1.35. The number of aromatic nitrogens is 5. The standard InChI is InChI=1S/C37H38F3N7O3S/c1-6-31(49)46-14-18(2)47-29(19(46)3)13-26(43-47)35-34(32-24(39)11-22(38)12-30(32)50-16-21-9-23(48)10-21)33-25(40)17-51-36(33)37(42-35)45-8-7-28-27(15-45)41-20(4)44(28)5/h6,11-13,17-19,21,23,48H,1,7-10,14-16H2,2-5H3/t18-,19+,21?,23?/m0/s1. The second-order valence-electron chi connectivity index (χ2n) is 13.9. The van der Waals surface area contributed by atoms with Gasteiger partial charge in [0.15, 0.2) is 0 Å². The SMILES string of the molecule is C=CC(=O)N1C[C@H](C)n2nc(-c3nc(N4CCc5c(nc(C)n5C)C4)c4scc(F)c4c3-c3c(F)cc(F)cc3OCC3CC(O)C3)cc2[C@H]1C. The number of nitrogens with zero attached hydrogens (tertiary/aromatic N) is 7. The summed E-state index contributed by atoms with van der Waals surface area (Å²) in [6.45, 7) is 11.0. The Bertz CT molecular complexity index is 2220. The minimum absolute atomic E-state index is 0.0142. The molecule has 2 atom stereocenters. The summed E-state index contributed by atoms with van der Waals surface area (Å²) in [5, 5.41) is 16.3.